The van der Waals surface area contributed by atoms with Gasteiger partial charge in [-0.05, 0) is 12.1 Å². The van der Waals surface area contributed by atoms with E-state index in [0.717, 1.165) is 6.26 Å². The predicted octanol–water partition coefficient (Wildman–Crippen LogP) is 0.890. The molecule has 2 rings (SSSR count). The zero-order chi connectivity index (χ0) is 13.9. The molecule has 0 saturated heterocycles. The second-order valence-electron chi connectivity index (χ2n) is 3.68. The lowest BCUT2D eigenvalue weighted by Gasteiger charge is -2.06. The van der Waals surface area contributed by atoms with Gasteiger partial charge in [0.1, 0.15) is 18.0 Å². The number of pyridine rings is 1. The molecule has 0 spiro atoms. The Labute approximate surface area is 109 Å². The van der Waals surface area contributed by atoms with Crippen LogP contribution in [0.5, 0.6) is 0 Å². The maximum Gasteiger partial charge on any atom is 0.192 e. The van der Waals surface area contributed by atoms with Gasteiger partial charge in [-0.2, -0.15) is 5.26 Å². The monoisotopic (exact) mass is 275 g/mol. The normalized spacial score (nSPS) is 10.7. The van der Waals surface area contributed by atoms with E-state index in [1.165, 1.54) is 24.8 Å². The highest BCUT2D eigenvalue weighted by Crippen LogP contribution is 2.17. The van der Waals surface area contributed by atoms with Crippen molar-refractivity contribution in [1.82, 2.24) is 15.0 Å². The lowest BCUT2D eigenvalue weighted by atomic mass is 10.3. The van der Waals surface area contributed by atoms with E-state index in [4.69, 9.17) is 5.26 Å². The first-order valence-electron chi connectivity index (χ1n) is 5.14. The van der Waals surface area contributed by atoms with E-state index >= 15 is 0 Å². The number of nitrogens with one attached hydrogen (secondary N) is 1. The summed E-state index contributed by atoms with van der Waals surface area (Å²) in [7, 11) is -3.32. The number of sulfone groups is 1. The Hall–Kier alpha value is -2.53. The van der Waals surface area contributed by atoms with E-state index in [-0.39, 0.29) is 10.6 Å². The fraction of sp³-hybridized carbons (Fsp3) is 0.0909. The van der Waals surface area contributed by atoms with Crippen LogP contribution in [0.25, 0.3) is 0 Å². The summed E-state index contributed by atoms with van der Waals surface area (Å²) in [6.45, 7) is 0. The van der Waals surface area contributed by atoms with E-state index < -0.39 is 9.84 Å². The van der Waals surface area contributed by atoms with Crippen molar-refractivity contribution in [2.75, 3.05) is 11.6 Å². The fourth-order valence-electron chi connectivity index (χ4n) is 1.32. The highest BCUT2D eigenvalue weighted by molar-refractivity contribution is 7.90. The summed E-state index contributed by atoms with van der Waals surface area (Å²) in [6.07, 6.45) is 5.13. The zero-order valence-corrected chi connectivity index (χ0v) is 10.7. The molecule has 0 unspecified atom stereocenters. The molecular formula is C11H9N5O2S. The molecule has 19 heavy (non-hydrogen) atoms. The minimum absolute atomic E-state index is 0.0127. The molecule has 2 aromatic rings. The van der Waals surface area contributed by atoms with E-state index in [2.05, 4.69) is 20.3 Å². The Morgan fingerprint density at radius 3 is 2.63 bits per heavy atom. The molecule has 0 atom stereocenters. The van der Waals surface area contributed by atoms with Gasteiger partial charge in [-0.25, -0.2) is 23.4 Å². The SMILES string of the molecule is CS(=O)(=O)c1ccc(Nc2ncncc2C#N)cn1. The number of hydrogen-bond acceptors (Lipinski definition) is 7. The number of hydrogen-bond donors (Lipinski definition) is 1. The van der Waals surface area contributed by atoms with Crippen molar-refractivity contribution in [3.05, 3.63) is 36.4 Å². The summed E-state index contributed by atoms with van der Waals surface area (Å²) >= 11 is 0. The van der Waals surface area contributed by atoms with E-state index in [1.54, 1.807) is 6.07 Å². The number of anilines is 2. The Kier molecular flexibility index (Phi) is 3.39. The molecule has 0 fully saturated rings. The van der Waals surface area contributed by atoms with Crippen molar-refractivity contribution in [3.63, 3.8) is 0 Å². The summed E-state index contributed by atoms with van der Waals surface area (Å²) in [6, 6.07) is 4.88. The van der Waals surface area contributed by atoms with Crippen LogP contribution in [0.4, 0.5) is 11.5 Å². The number of rotatable bonds is 3. The van der Waals surface area contributed by atoms with Gasteiger partial charge in [-0.3, -0.25) is 0 Å². The molecule has 0 saturated carbocycles. The van der Waals surface area contributed by atoms with Gasteiger partial charge in [-0.1, -0.05) is 0 Å². The van der Waals surface area contributed by atoms with Crippen LogP contribution in [-0.4, -0.2) is 29.6 Å². The Bertz CT molecular complexity index is 734. The standard InChI is InChI=1S/C11H9N5O2S/c1-19(17,18)10-3-2-9(6-14-10)16-11-8(4-12)5-13-7-15-11/h2-3,5-7H,1H3,(H,13,15,16). The molecule has 0 amide bonds. The minimum Gasteiger partial charge on any atom is -0.338 e. The zero-order valence-electron chi connectivity index (χ0n) is 9.90. The summed E-state index contributed by atoms with van der Waals surface area (Å²) in [5.74, 6) is 0.339. The van der Waals surface area contributed by atoms with Crippen molar-refractivity contribution < 1.29 is 8.42 Å². The molecular weight excluding hydrogens is 266 g/mol. The minimum atomic E-state index is -3.32. The average Bonchev–Trinajstić information content (AvgIpc) is 2.39. The largest absolute Gasteiger partial charge is 0.338 e. The second kappa shape index (κ2) is 4.99. The van der Waals surface area contributed by atoms with Crippen molar-refractivity contribution >= 4 is 21.3 Å². The van der Waals surface area contributed by atoms with Gasteiger partial charge in [-0.15, -0.1) is 0 Å². The number of nitriles is 1. The van der Waals surface area contributed by atoms with E-state index in [9.17, 15) is 8.42 Å². The third kappa shape index (κ3) is 3.02. The smallest absolute Gasteiger partial charge is 0.192 e. The van der Waals surface area contributed by atoms with Gasteiger partial charge in [0.05, 0.1) is 18.1 Å². The summed E-state index contributed by atoms with van der Waals surface area (Å²) in [5.41, 5.74) is 0.817. The van der Waals surface area contributed by atoms with Crippen molar-refractivity contribution in [2.45, 2.75) is 5.03 Å². The fourth-order valence-corrected chi connectivity index (χ4v) is 1.88. The molecule has 2 aromatic heterocycles. The molecule has 2 heterocycles. The summed E-state index contributed by atoms with van der Waals surface area (Å²) in [5, 5.41) is 11.7. The Morgan fingerprint density at radius 1 is 1.26 bits per heavy atom. The topological polar surface area (TPSA) is 109 Å². The molecule has 0 aliphatic carbocycles. The summed E-state index contributed by atoms with van der Waals surface area (Å²) < 4.78 is 22.5. The van der Waals surface area contributed by atoms with Crippen LogP contribution in [0, 0.1) is 11.3 Å². The van der Waals surface area contributed by atoms with E-state index in [0.29, 0.717) is 11.5 Å². The lowest BCUT2D eigenvalue weighted by Crippen LogP contribution is -2.02. The first kappa shape index (κ1) is 12.9. The highest BCUT2D eigenvalue weighted by atomic mass is 32.2. The maximum absolute atomic E-state index is 11.3. The van der Waals surface area contributed by atoms with Crippen LogP contribution >= 0.6 is 0 Å². The Morgan fingerprint density at radius 2 is 2.05 bits per heavy atom. The number of aromatic nitrogens is 3. The molecule has 0 aromatic carbocycles. The second-order valence-corrected chi connectivity index (χ2v) is 5.64. The van der Waals surface area contributed by atoms with Crippen LogP contribution in [0.1, 0.15) is 5.56 Å². The van der Waals surface area contributed by atoms with Crippen LogP contribution in [-0.2, 0) is 9.84 Å². The summed E-state index contributed by atoms with van der Waals surface area (Å²) in [4.78, 5) is 11.5. The molecule has 0 aliphatic rings. The molecule has 96 valence electrons. The van der Waals surface area contributed by atoms with Crippen molar-refractivity contribution in [3.8, 4) is 6.07 Å². The molecule has 1 N–H and O–H groups in total. The predicted molar refractivity (Wildman–Crippen MR) is 67.4 cm³/mol. The maximum atomic E-state index is 11.3. The van der Waals surface area contributed by atoms with Gasteiger partial charge in [0, 0.05) is 6.26 Å². The van der Waals surface area contributed by atoms with Gasteiger partial charge >= 0.3 is 0 Å². The Balaban J connectivity index is 2.28. The first-order valence-corrected chi connectivity index (χ1v) is 7.03. The van der Waals surface area contributed by atoms with Gasteiger partial charge in [0.25, 0.3) is 0 Å². The lowest BCUT2D eigenvalue weighted by molar-refractivity contribution is 0.598. The van der Waals surface area contributed by atoms with Crippen LogP contribution in [0.3, 0.4) is 0 Å². The van der Waals surface area contributed by atoms with Crippen LogP contribution < -0.4 is 5.32 Å². The molecule has 0 radical (unpaired) electrons. The van der Waals surface area contributed by atoms with E-state index in [1.807, 2.05) is 6.07 Å². The highest BCUT2D eigenvalue weighted by Gasteiger charge is 2.09. The quantitative estimate of drug-likeness (QED) is 0.885. The molecule has 0 bridgehead atoms. The third-order valence-corrected chi connectivity index (χ3v) is 3.21. The molecule has 8 heteroatoms. The van der Waals surface area contributed by atoms with Gasteiger partial charge in [0.15, 0.2) is 20.7 Å². The van der Waals surface area contributed by atoms with Crippen LogP contribution in [0.15, 0.2) is 35.9 Å². The van der Waals surface area contributed by atoms with Crippen molar-refractivity contribution in [1.29, 1.82) is 5.26 Å². The van der Waals surface area contributed by atoms with Gasteiger partial charge in [0.2, 0.25) is 0 Å². The average molecular weight is 275 g/mol. The van der Waals surface area contributed by atoms with Crippen LogP contribution in [0.2, 0.25) is 0 Å². The molecule has 0 aliphatic heterocycles. The third-order valence-electron chi connectivity index (χ3n) is 2.21. The van der Waals surface area contributed by atoms with Crippen molar-refractivity contribution in [2.24, 2.45) is 0 Å². The van der Waals surface area contributed by atoms with Gasteiger partial charge < -0.3 is 5.32 Å². The molecule has 7 nitrogen and oxygen atoms in total. The first-order chi connectivity index (χ1) is 9.00. The number of nitrogens with zero attached hydrogens (tertiary/aromatic N) is 4.